The first-order chi connectivity index (χ1) is 9.29. The van der Waals surface area contributed by atoms with Crippen molar-refractivity contribution < 1.29 is 4.74 Å². The summed E-state index contributed by atoms with van der Waals surface area (Å²) in [7, 11) is 0. The van der Waals surface area contributed by atoms with E-state index < -0.39 is 0 Å². The molecule has 0 bridgehead atoms. The van der Waals surface area contributed by atoms with Crippen molar-refractivity contribution in [2.24, 2.45) is 0 Å². The molecule has 94 valence electrons. The van der Waals surface area contributed by atoms with Crippen LogP contribution in [0.2, 0.25) is 0 Å². The number of hydrogen-bond acceptors (Lipinski definition) is 2. The molecule has 0 saturated heterocycles. The van der Waals surface area contributed by atoms with Crippen molar-refractivity contribution in [2.45, 2.75) is 13.2 Å². The number of ether oxygens (including phenoxy) is 1. The van der Waals surface area contributed by atoms with E-state index in [1.165, 1.54) is 11.1 Å². The van der Waals surface area contributed by atoms with Gasteiger partial charge in [-0.25, -0.2) is 4.98 Å². The molecule has 0 fully saturated rings. The third-order valence-electron chi connectivity index (χ3n) is 3.44. The number of hydrogen-bond donors (Lipinski definition) is 1. The molecule has 0 aliphatic carbocycles. The van der Waals surface area contributed by atoms with Crippen LogP contribution in [0, 0.1) is 0 Å². The summed E-state index contributed by atoms with van der Waals surface area (Å²) in [6, 6.07) is 12.4. The van der Waals surface area contributed by atoms with E-state index in [9.17, 15) is 0 Å². The largest absolute Gasteiger partial charge is 0.372 e. The Morgan fingerprint density at radius 2 is 1.95 bits per heavy atom. The normalized spacial score (nSPS) is 13.9. The van der Waals surface area contributed by atoms with Crippen molar-refractivity contribution >= 4 is 27.0 Å². The van der Waals surface area contributed by atoms with Gasteiger partial charge >= 0.3 is 0 Å². The second-order valence-electron chi connectivity index (χ2n) is 4.72. The number of nitrogens with zero attached hydrogens (tertiary/aromatic N) is 1. The van der Waals surface area contributed by atoms with Gasteiger partial charge in [0.1, 0.15) is 5.82 Å². The number of aromatic amines is 1. The Bertz CT molecular complexity index is 779. The molecule has 4 heteroatoms. The van der Waals surface area contributed by atoms with Crippen molar-refractivity contribution in [3.8, 4) is 11.4 Å². The lowest BCUT2D eigenvalue weighted by atomic mass is 10.1. The molecule has 3 nitrogen and oxygen atoms in total. The van der Waals surface area contributed by atoms with Gasteiger partial charge in [-0.2, -0.15) is 0 Å². The summed E-state index contributed by atoms with van der Waals surface area (Å²) in [6.07, 6.45) is 0. The molecular formula is C15H11BrN2O. The Morgan fingerprint density at radius 3 is 2.89 bits per heavy atom. The van der Waals surface area contributed by atoms with Crippen molar-refractivity contribution in [3.63, 3.8) is 0 Å². The van der Waals surface area contributed by atoms with Crippen LogP contribution >= 0.6 is 15.9 Å². The van der Waals surface area contributed by atoms with Crippen LogP contribution < -0.4 is 0 Å². The van der Waals surface area contributed by atoms with E-state index in [-0.39, 0.29) is 0 Å². The molecule has 2 heterocycles. The van der Waals surface area contributed by atoms with Crippen molar-refractivity contribution in [2.75, 3.05) is 0 Å². The Kier molecular flexibility index (Phi) is 2.47. The Hall–Kier alpha value is -1.65. The van der Waals surface area contributed by atoms with Gasteiger partial charge in [-0.1, -0.05) is 28.1 Å². The Morgan fingerprint density at radius 1 is 1.05 bits per heavy atom. The number of nitrogens with one attached hydrogen (secondary N) is 1. The van der Waals surface area contributed by atoms with Gasteiger partial charge in [-0.3, -0.25) is 0 Å². The number of halogens is 1. The summed E-state index contributed by atoms with van der Waals surface area (Å²) in [5, 5.41) is 0. The molecule has 0 spiro atoms. The molecular weight excluding hydrogens is 304 g/mol. The van der Waals surface area contributed by atoms with E-state index in [1.54, 1.807) is 0 Å². The number of aromatic nitrogens is 2. The molecule has 0 unspecified atom stereocenters. The number of imidazole rings is 1. The minimum Gasteiger partial charge on any atom is -0.372 e. The zero-order valence-electron chi connectivity index (χ0n) is 10.1. The maximum Gasteiger partial charge on any atom is 0.138 e. The lowest BCUT2D eigenvalue weighted by molar-refractivity contribution is 0.134. The van der Waals surface area contributed by atoms with E-state index in [0.29, 0.717) is 6.61 Å². The molecule has 0 atom stereocenters. The maximum atomic E-state index is 5.44. The maximum absolute atomic E-state index is 5.44. The lowest BCUT2D eigenvalue weighted by Gasteiger charge is -2.00. The third kappa shape index (κ3) is 1.88. The topological polar surface area (TPSA) is 37.9 Å². The summed E-state index contributed by atoms with van der Waals surface area (Å²) < 4.78 is 6.50. The molecule has 4 rings (SSSR count). The van der Waals surface area contributed by atoms with Gasteiger partial charge in [0.2, 0.25) is 0 Å². The fourth-order valence-electron chi connectivity index (χ4n) is 2.44. The average molecular weight is 315 g/mol. The standard InChI is InChI=1S/C15H11BrN2O/c16-12-3-4-13-14(6-12)18-15(17-13)9-1-2-10-7-19-8-11(10)5-9/h1-6H,7-8H2,(H,17,18). The Labute approximate surface area is 118 Å². The first kappa shape index (κ1) is 11.2. The molecule has 0 amide bonds. The minimum absolute atomic E-state index is 0.703. The second-order valence-corrected chi connectivity index (χ2v) is 5.64. The molecule has 1 aliphatic heterocycles. The van der Waals surface area contributed by atoms with Gasteiger partial charge in [0, 0.05) is 10.0 Å². The van der Waals surface area contributed by atoms with E-state index in [4.69, 9.17) is 4.74 Å². The van der Waals surface area contributed by atoms with Crippen LogP contribution in [0.15, 0.2) is 40.9 Å². The van der Waals surface area contributed by atoms with Crippen molar-refractivity contribution in [1.82, 2.24) is 9.97 Å². The molecule has 0 saturated carbocycles. The van der Waals surface area contributed by atoms with E-state index >= 15 is 0 Å². The smallest absolute Gasteiger partial charge is 0.138 e. The number of H-pyrrole nitrogens is 1. The van der Waals surface area contributed by atoms with E-state index in [0.717, 1.165) is 33.5 Å². The van der Waals surface area contributed by atoms with Gasteiger partial charge in [-0.15, -0.1) is 0 Å². The molecule has 3 aromatic rings. The average Bonchev–Trinajstić information content (AvgIpc) is 3.02. The highest BCUT2D eigenvalue weighted by atomic mass is 79.9. The number of rotatable bonds is 1. The van der Waals surface area contributed by atoms with Gasteiger partial charge in [0.25, 0.3) is 0 Å². The van der Waals surface area contributed by atoms with E-state index in [2.05, 4.69) is 44.1 Å². The van der Waals surface area contributed by atoms with Crippen LogP contribution in [0.5, 0.6) is 0 Å². The molecule has 1 aromatic heterocycles. The van der Waals surface area contributed by atoms with Gasteiger partial charge in [-0.05, 0) is 35.4 Å². The van der Waals surface area contributed by atoms with Crippen LogP contribution in [0.25, 0.3) is 22.4 Å². The van der Waals surface area contributed by atoms with Crippen LogP contribution in [0.1, 0.15) is 11.1 Å². The second kappa shape index (κ2) is 4.18. The zero-order chi connectivity index (χ0) is 12.8. The number of benzene rings is 2. The highest BCUT2D eigenvalue weighted by molar-refractivity contribution is 9.10. The van der Waals surface area contributed by atoms with E-state index in [1.807, 2.05) is 18.2 Å². The molecule has 0 radical (unpaired) electrons. The van der Waals surface area contributed by atoms with Crippen LogP contribution in [0.3, 0.4) is 0 Å². The Balaban J connectivity index is 1.85. The van der Waals surface area contributed by atoms with Gasteiger partial charge in [0.15, 0.2) is 0 Å². The first-order valence-electron chi connectivity index (χ1n) is 6.15. The van der Waals surface area contributed by atoms with Crippen LogP contribution in [-0.4, -0.2) is 9.97 Å². The minimum atomic E-state index is 0.703. The summed E-state index contributed by atoms with van der Waals surface area (Å²) in [5.41, 5.74) is 5.68. The van der Waals surface area contributed by atoms with Crippen LogP contribution in [-0.2, 0) is 18.0 Å². The predicted octanol–water partition coefficient (Wildman–Crippen LogP) is 4.02. The van der Waals surface area contributed by atoms with Crippen LogP contribution in [0.4, 0.5) is 0 Å². The molecule has 2 aromatic carbocycles. The molecule has 1 aliphatic rings. The first-order valence-corrected chi connectivity index (χ1v) is 6.94. The molecule has 1 N–H and O–H groups in total. The van der Waals surface area contributed by atoms with Crippen molar-refractivity contribution in [1.29, 1.82) is 0 Å². The fraction of sp³-hybridized carbons (Fsp3) is 0.133. The van der Waals surface area contributed by atoms with Gasteiger partial charge in [0.05, 0.1) is 24.2 Å². The van der Waals surface area contributed by atoms with Crippen molar-refractivity contribution in [3.05, 3.63) is 52.0 Å². The fourth-order valence-corrected chi connectivity index (χ4v) is 2.80. The highest BCUT2D eigenvalue weighted by Crippen LogP contribution is 2.27. The quantitative estimate of drug-likeness (QED) is 0.736. The third-order valence-corrected chi connectivity index (χ3v) is 3.93. The predicted molar refractivity (Wildman–Crippen MR) is 77.7 cm³/mol. The lowest BCUT2D eigenvalue weighted by Crippen LogP contribution is -1.85. The zero-order valence-corrected chi connectivity index (χ0v) is 11.7. The molecule has 19 heavy (non-hydrogen) atoms. The summed E-state index contributed by atoms with van der Waals surface area (Å²) in [5.74, 6) is 0.905. The summed E-state index contributed by atoms with van der Waals surface area (Å²) >= 11 is 3.47. The van der Waals surface area contributed by atoms with Gasteiger partial charge < -0.3 is 9.72 Å². The summed E-state index contributed by atoms with van der Waals surface area (Å²) in [4.78, 5) is 7.99. The summed E-state index contributed by atoms with van der Waals surface area (Å²) in [6.45, 7) is 1.43. The monoisotopic (exact) mass is 314 g/mol. The highest BCUT2D eigenvalue weighted by Gasteiger charge is 2.13. The number of fused-ring (bicyclic) bond motifs is 2. The SMILES string of the molecule is Brc1ccc2nc(-c3ccc4c(c3)COC4)[nH]c2c1.